The van der Waals surface area contributed by atoms with Crippen molar-refractivity contribution in [3.8, 4) is 5.75 Å². The maximum Gasteiger partial charge on any atom is 0.297 e. The van der Waals surface area contributed by atoms with Crippen LogP contribution in [-0.4, -0.2) is 22.7 Å². The zero-order valence-corrected chi connectivity index (χ0v) is 17.8. The van der Waals surface area contributed by atoms with E-state index in [1.54, 1.807) is 17.6 Å². The van der Waals surface area contributed by atoms with Crippen molar-refractivity contribution in [2.24, 2.45) is 0 Å². The minimum Gasteiger partial charge on any atom is -0.494 e. The number of aryl methyl sites for hydroxylation is 1. The first-order valence-corrected chi connectivity index (χ1v) is 10.9. The average Bonchev–Trinajstić information content (AvgIpc) is 3.40. The van der Waals surface area contributed by atoms with Crippen molar-refractivity contribution in [1.29, 1.82) is 0 Å². The number of ether oxygens (including phenoxy) is 1. The van der Waals surface area contributed by atoms with Gasteiger partial charge in [-0.25, -0.2) is 0 Å². The van der Waals surface area contributed by atoms with Crippen molar-refractivity contribution in [3.05, 3.63) is 80.6 Å². The molecular weight excluding hydrogens is 414 g/mol. The van der Waals surface area contributed by atoms with E-state index in [1.807, 2.05) is 44.2 Å². The third-order valence-electron chi connectivity index (χ3n) is 5.25. The van der Waals surface area contributed by atoms with Gasteiger partial charge in [0.2, 0.25) is 10.9 Å². The van der Waals surface area contributed by atoms with Crippen molar-refractivity contribution in [1.82, 2.24) is 10.2 Å². The van der Waals surface area contributed by atoms with Crippen LogP contribution < -0.4 is 15.1 Å². The largest absolute Gasteiger partial charge is 0.494 e. The molecule has 31 heavy (non-hydrogen) atoms. The van der Waals surface area contributed by atoms with Crippen LogP contribution in [0.1, 0.15) is 46.6 Å². The maximum atomic E-state index is 13.5. The second kappa shape index (κ2) is 7.63. The van der Waals surface area contributed by atoms with E-state index >= 15 is 0 Å². The van der Waals surface area contributed by atoms with Crippen LogP contribution in [0.3, 0.4) is 0 Å². The Morgan fingerprint density at radius 2 is 1.97 bits per heavy atom. The lowest BCUT2D eigenvalue weighted by Crippen LogP contribution is -2.29. The van der Waals surface area contributed by atoms with Gasteiger partial charge in [-0.2, -0.15) is 0 Å². The van der Waals surface area contributed by atoms with E-state index in [1.165, 1.54) is 16.2 Å². The van der Waals surface area contributed by atoms with Crippen molar-refractivity contribution >= 4 is 33.3 Å². The van der Waals surface area contributed by atoms with Crippen molar-refractivity contribution in [2.75, 3.05) is 11.5 Å². The molecule has 1 aliphatic rings. The number of nitrogens with zero attached hydrogens (tertiary/aromatic N) is 3. The molecule has 5 rings (SSSR count). The Morgan fingerprint density at radius 3 is 2.68 bits per heavy atom. The Labute approximate surface area is 181 Å². The fraction of sp³-hybridized carbons (Fsp3) is 0.217. The van der Waals surface area contributed by atoms with Gasteiger partial charge in [0, 0.05) is 0 Å². The fourth-order valence-electron chi connectivity index (χ4n) is 3.84. The van der Waals surface area contributed by atoms with Crippen LogP contribution in [0.5, 0.6) is 5.75 Å². The number of benzene rings is 2. The molecule has 0 N–H and O–H groups in total. The highest BCUT2D eigenvalue weighted by atomic mass is 32.1. The molecule has 3 heterocycles. The van der Waals surface area contributed by atoms with Gasteiger partial charge >= 0.3 is 0 Å². The van der Waals surface area contributed by atoms with Crippen LogP contribution in [0.2, 0.25) is 0 Å². The molecular formula is C23H19N3O4S. The molecule has 2 aromatic carbocycles. The monoisotopic (exact) mass is 433 g/mol. The summed E-state index contributed by atoms with van der Waals surface area (Å²) in [5, 5.41) is 8.83. The first kappa shape index (κ1) is 19.4. The number of carbonyl (C=O) groups excluding carboxylic acids is 1. The number of hydrogen-bond acceptors (Lipinski definition) is 7. The second-order valence-corrected chi connectivity index (χ2v) is 8.20. The summed E-state index contributed by atoms with van der Waals surface area (Å²) in [5.74, 6) is 0.384. The molecule has 2 aromatic heterocycles. The van der Waals surface area contributed by atoms with E-state index < -0.39 is 11.9 Å². The van der Waals surface area contributed by atoms with E-state index in [9.17, 15) is 9.59 Å². The van der Waals surface area contributed by atoms with E-state index in [0.29, 0.717) is 28.3 Å². The Kier molecular flexibility index (Phi) is 4.78. The summed E-state index contributed by atoms with van der Waals surface area (Å²) in [6, 6.07) is 12.1. The zero-order valence-electron chi connectivity index (χ0n) is 17.0. The lowest BCUT2D eigenvalue weighted by Gasteiger charge is -2.22. The molecule has 0 saturated heterocycles. The lowest BCUT2D eigenvalue weighted by molar-refractivity contribution is 0.0970. The van der Waals surface area contributed by atoms with Crippen molar-refractivity contribution in [3.63, 3.8) is 0 Å². The van der Waals surface area contributed by atoms with Crippen LogP contribution in [0.15, 0.2) is 57.2 Å². The summed E-state index contributed by atoms with van der Waals surface area (Å²) in [4.78, 5) is 28.4. The molecule has 1 amide bonds. The normalized spacial score (nSPS) is 15.5. The highest BCUT2D eigenvalue weighted by molar-refractivity contribution is 7.13. The Hall–Kier alpha value is -3.52. The number of rotatable bonds is 5. The Morgan fingerprint density at radius 1 is 1.16 bits per heavy atom. The highest BCUT2D eigenvalue weighted by Gasteiger charge is 2.44. The average molecular weight is 433 g/mol. The van der Waals surface area contributed by atoms with E-state index in [-0.39, 0.29) is 11.2 Å². The zero-order chi connectivity index (χ0) is 21.5. The predicted octanol–water partition coefficient (Wildman–Crippen LogP) is 4.49. The first-order valence-electron chi connectivity index (χ1n) is 9.98. The highest BCUT2D eigenvalue weighted by Crippen LogP contribution is 2.41. The van der Waals surface area contributed by atoms with Crippen LogP contribution in [0, 0.1) is 6.92 Å². The molecule has 0 bridgehead atoms. The summed E-state index contributed by atoms with van der Waals surface area (Å²) >= 11 is 1.23. The van der Waals surface area contributed by atoms with Gasteiger partial charge in [0.15, 0.2) is 5.43 Å². The van der Waals surface area contributed by atoms with Crippen LogP contribution in [-0.2, 0) is 0 Å². The molecule has 0 spiro atoms. The van der Waals surface area contributed by atoms with E-state index in [2.05, 4.69) is 10.2 Å². The van der Waals surface area contributed by atoms with Crippen LogP contribution in [0.4, 0.5) is 5.13 Å². The van der Waals surface area contributed by atoms with Crippen molar-refractivity contribution < 1.29 is 13.9 Å². The Bertz CT molecular complexity index is 1330. The smallest absolute Gasteiger partial charge is 0.297 e. The number of anilines is 1. The molecule has 4 aromatic rings. The molecule has 7 nitrogen and oxygen atoms in total. The topological polar surface area (TPSA) is 85.5 Å². The summed E-state index contributed by atoms with van der Waals surface area (Å²) in [5.41, 5.74) is 3.77. The standard InChI is InChI=1S/C23H19N3O4S/c1-3-10-29-15-7-5-14(6-8-15)19-18-20(27)16-11-13(2)4-9-17(16)30-21(18)22(28)26(19)23-25-24-12-31-23/h4-9,11-12,19H,3,10H2,1-2H3. The van der Waals surface area contributed by atoms with Gasteiger partial charge in [-0.3, -0.25) is 14.5 Å². The summed E-state index contributed by atoms with van der Waals surface area (Å²) in [7, 11) is 0. The number of fused-ring (bicyclic) bond motifs is 2. The molecule has 0 saturated carbocycles. The number of hydrogen-bond donors (Lipinski definition) is 0. The lowest BCUT2D eigenvalue weighted by atomic mass is 9.98. The second-order valence-electron chi connectivity index (χ2n) is 7.39. The fourth-order valence-corrected chi connectivity index (χ4v) is 4.42. The molecule has 1 unspecified atom stereocenters. The van der Waals surface area contributed by atoms with Gasteiger partial charge < -0.3 is 9.15 Å². The molecule has 0 aliphatic carbocycles. The molecule has 0 radical (unpaired) electrons. The molecule has 1 aliphatic heterocycles. The summed E-state index contributed by atoms with van der Waals surface area (Å²) < 4.78 is 11.6. The molecule has 156 valence electrons. The summed E-state index contributed by atoms with van der Waals surface area (Å²) in [6.07, 6.45) is 0.907. The number of amides is 1. The first-order chi connectivity index (χ1) is 15.1. The van der Waals surface area contributed by atoms with Gasteiger partial charge in [0.1, 0.15) is 16.8 Å². The minimum atomic E-state index is -0.656. The van der Waals surface area contributed by atoms with Crippen molar-refractivity contribution in [2.45, 2.75) is 26.3 Å². The van der Waals surface area contributed by atoms with Gasteiger partial charge in [-0.15, -0.1) is 10.2 Å². The van der Waals surface area contributed by atoms with E-state index in [4.69, 9.17) is 9.15 Å². The molecule has 8 heteroatoms. The van der Waals surface area contributed by atoms with Gasteiger partial charge in [0.05, 0.1) is 23.6 Å². The SMILES string of the molecule is CCCOc1ccc(C2c3c(oc4ccc(C)cc4c3=O)C(=O)N2c2nncs2)cc1. The minimum absolute atomic E-state index is 0.0489. The predicted molar refractivity (Wildman–Crippen MR) is 118 cm³/mol. The molecule has 1 atom stereocenters. The number of aromatic nitrogens is 2. The van der Waals surface area contributed by atoms with Gasteiger partial charge in [-0.05, 0) is 43.2 Å². The Balaban J connectivity index is 1.71. The molecule has 0 fully saturated rings. The third-order valence-corrected chi connectivity index (χ3v) is 5.94. The van der Waals surface area contributed by atoms with Crippen LogP contribution >= 0.6 is 11.3 Å². The van der Waals surface area contributed by atoms with Gasteiger partial charge in [0.25, 0.3) is 5.91 Å². The quantitative estimate of drug-likeness (QED) is 0.461. The third kappa shape index (κ3) is 3.19. The summed E-state index contributed by atoms with van der Waals surface area (Å²) in [6.45, 7) is 4.58. The van der Waals surface area contributed by atoms with Crippen LogP contribution in [0.25, 0.3) is 11.0 Å². The van der Waals surface area contributed by atoms with E-state index in [0.717, 1.165) is 23.3 Å². The van der Waals surface area contributed by atoms with Gasteiger partial charge in [-0.1, -0.05) is 42.0 Å². The number of carbonyl (C=O) groups is 1. The maximum absolute atomic E-state index is 13.5.